The fourth-order valence-corrected chi connectivity index (χ4v) is 3.83. The summed E-state index contributed by atoms with van der Waals surface area (Å²) in [6.07, 6.45) is 12.4. The normalized spacial score (nSPS) is 17.1. The largest absolute Gasteiger partial charge is 0.507 e. The molecule has 0 radical (unpaired) electrons. The van der Waals surface area contributed by atoms with Gasteiger partial charge in [0, 0.05) is 38.7 Å². The molecule has 0 atom stereocenters. The number of hydrogen-bond acceptors (Lipinski definition) is 6. The summed E-state index contributed by atoms with van der Waals surface area (Å²) in [5, 5.41) is 21.0. The van der Waals surface area contributed by atoms with E-state index in [-0.39, 0.29) is 5.76 Å². The molecule has 3 heterocycles. The molecule has 0 bridgehead atoms. The summed E-state index contributed by atoms with van der Waals surface area (Å²) in [6.45, 7) is 6.13. The zero-order valence-corrected chi connectivity index (χ0v) is 20.0. The summed E-state index contributed by atoms with van der Waals surface area (Å²) in [5.74, 6) is 1.80. The number of aliphatic hydroxyl groups excluding tert-OH is 1. The summed E-state index contributed by atoms with van der Waals surface area (Å²) in [5.41, 5.74) is 2.80. The van der Waals surface area contributed by atoms with Gasteiger partial charge in [-0.15, -0.1) is 0 Å². The molecule has 2 fully saturated rings. The van der Waals surface area contributed by atoms with E-state index in [2.05, 4.69) is 30.0 Å². The maximum absolute atomic E-state index is 10.3. The van der Waals surface area contributed by atoms with E-state index >= 15 is 0 Å². The fraction of sp³-hybridized carbons (Fsp3) is 0.423. The van der Waals surface area contributed by atoms with Crippen LogP contribution in [0.4, 0.5) is 10.6 Å². The van der Waals surface area contributed by atoms with Crippen molar-refractivity contribution in [3.63, 3.8) is 0 Å². The van der Waals surface area contributed by atoms with Gasteiger partial charge < -0.3 is 25.2 Å². The third kappa shape index (κ3) is 7.05. The lowest BCUT2D eigenvalue weighted by Crippen LogP contribution is -2.20. The zero-order chi connectivity index (χ0) is 24.3. The van der Waals surface area contributed by atoms with E-state index in [4.69, 9.17) is 19.8 Å². The van der Waals surface area contributed by atoms with Crippen LogP contribution in [0.1, 0.15) is 43.5 Å². The molecule has 3 N–H and O–H groups in total. The number of aromatic nitrogens is 2. The van der Waals surface area contributed by atoms with Crippen LogP contribution < -0.4 is 10.2 Å². The number of nitrogens with zero attached hydrogens (tertiary/aromatic N) is 3. The first-order chi connectivity index (χ1) is 16.5. The minimum absolute atomic E-state index is 0.225. The van der Waals surface area contributed by atoms with Crippen molar-refractivity contribution >= 4 is 28.4 Å². The van der Waals surface area contributed by atoms with Gasteiger partial charge in [-0.1, -0.05) is 24.3 Å². The molecule has 1 aliphatic carbocycles. The summed E-state index contributed by atoms with van der Waals surface area (Å²) < 4.78 is 4.94. The molecule has 3 aliphatic rings. The van der Waals surface area contributed by atoms with Gasteiger partial charge in [-0.25, -0.2) is 14.8 Å². The van der Waals surface area contributed by atoms with Crippen molar-refractivity contribution in [1.82, 2.24) is 15.3 Å². The van der Waals surface area contributed by atoms with Crippen molar-refractivity contribution in [3.05, 3.63) is 59.7 Å². The summed E-state index contributed by atoms with van der Waals surface area (Å²) in [4.78, 5) is 21.2. The van der Waals surface area contributed by atoms with Crippen molar-refractivity contribution < 1.29 is 19.7 Å². The molecular weight excluding hydrogens is 432 g/mol. The predicted molar refractivity (Wildman–Crippen MR) is 135 cm³/mol. The van der Waals surface area contributed by atoms with Gasteiger partial charge >= 0.3 is 6.09 Å². The van der Waals surface area contributed by atoms with Crippen LogP contribution in [0.3, 0.4) is 0 Å². The first kappa shape index (κ1) is 25.2. The molecular formula is C26H34N4O4. The molecule has 8 heteroatoms. The number of amides is 1. The van der Waals surface area contributed by atoms with Crippen LogP contribution in [0, 0.1) is 6.92 Å². The van der Waals surface area contributed by atoms with Crippen LogP contribution in [0.5, 0.6) is 0 Å². The number of fused-ring (bicyclic) bond motifs is 1. The number of hydrogen-bond donors (Lipinski definition) is 3. The second-order valence-electron chi connectivity index (χ2n) is 8.30. The number of anilines is 1. The van der Waals surface area contributed by atoms with E-state index in [9.17, 15) is 9.90 Å². The third-order valence-electron chi connectivity index (χ3n) is 5.63. The van der Waals surface area contributed by atoms with Crippen molar-refractivity contribution in [3.8, 4) is 0 Å². The standard InChI is InChI=1S/C20H21N3O.C4H8O.C2H5NO2/c1-14-9-10-15-17(13-14)21-19(16-7-3-2-4-8-18(16)24)22-20(15)23-11-5-6-12-23;1-2-4-5-3-1;1-3-2(4)5/h3-4,7-10,13,24H,2,5-6,11-12H2,1H3;1-4H2;3H,1H3,(H,4,5). The van der Waals surface area contributed by atoms with Crippen molar-refractivity contribution in [1.29, 1.82) is 0 Å². The molecule has 0 unspecified atom stereocenters. The summed E-state index contributed by atoms with van der Waals surface area (Å²) >= 11 is 0. The first-order valence-electron chi connectivity index (χ1n) is 11.8. The quantitative estimate of drug-likeness (QED) is 0.571. The Morgan fingerprint density at radius 3 is 2.35 bits per heavy atom. The first-order valence-corrected chi connectivity index (χ1v) is 11.8. The van der Waals surface area contributed by atoms with Gasteiger partial charge in [0.2, 0.25) is 0 Å². The number of rotatable bonds is 2. The average Bonchev–Trinajstić information content (AvgIpc) is 3.55. The van der Waals surface area contributed by atoms with E-state index in [1.165, 1.54) is 38.3 Å². The number of benzene rings is 1. The second-order valence-corrected chi connectivity index (χ2v) is 8.30. The van der Waals surface area contributed by atoms with E-state index < -0.39 is 6.09 Å². The number of ether oxygens (including phenoxy) is 1. The van der Waals surface area contributed by atoms with Crippen LogP contribution in [0.2, 0.25) is 0 Å². The minimum Gasteiger partial charge on any atom is -0.507 e. The van der Waals surface area contributed by atoms with E-state index in [1.54, 1.807) is 6.08 Å². The Bertz CT molecular complexity index is 1060. The summed E-state index contributed by atoms with van der Waals surface area (Å²) in [6, 6.07) is 6.31. The second kappa shape index (κ2) is 12.7. The molecule has 0 spiro atoms. The Kier molecular flexibility index (Phi) is 9.46. The maximum atomic E-state index is 10.3. The number of carbonyl (C=O) groups is 1. The number of nitrogens with one attached hydrogen (secondary N) is 1. The number of carboxylic acid groups (broad SMARTS) is 1. The highest BCUT2D eigenvalue weighted by molar-refractivity contribution is 5.92. The molecule has 1 amide bonds. The molecule has 8 nitrogen and oxygen atoms in total. The Labute approximate surface area is 200 Å². The zero-order valence-electron chi connectivity index (χ0n) is 20.0. The minimum atomic E-state index is -0.995. The van der Waals surface area contributed by atoms with Gasteiger partial charge in [-0.3, -0.25) is 0 Å². The molecule has 1 aromatic heterocycles. The van der Waals surface area contributed by atoms with Gasteiger partial charge in [-0.2, -0.15) is 0 Å². The highest BCUT2D eigenvalue weighted by Gasteiger charge is 2.20. The van der Waals surface area contributed by atoms with E-state index in [1.807, 2.05) is 23.5 Å². The molecule has 1 aromatic carbocycles. The van der Waals surface area contributed by atoms with Crippen LogP contribution in [-0.2, 0) is 4.74 Å². The Hall–Kier alpha value is -3.39. The van der Waals surface area contributed by atoms with Crippen LogP contribution in [0.25, 0.3) is 16.5 Å². The Balaban J connectivity index is 0.000000271. The van der Waals surface area contributed by atoms with Crippen LogP contribution >= 0.6 is 0 Å². The van der Waals surface area contributed by atoms with Crippen molar-refractivity contribution in [2.45, 2.75) is 39.0 Å². The molecule has 5 rings (SSSR count). The third-order valence-corrected chi connectivity index (χ3v) is 5.63. The molecule has 34 heavy (non-hydrogen) atoms. The molecule has 2 aromatic rings. The number of aryl methyl sites for hydroxylation is 1. The molecule has 2 saturated heterocycles. The van der Waals surface area contributed by atoms with Crippen LogP contribution in [0.15, 0.2) is 48.3 Å². The lowest BCUT2D eigenvalue weighted by atomic mass is 10.1. The van der Waals surface area contributed by atoms with Gasteiger partial charge in [0.15, 0.2) is 5.82 Å². The lowest BCUT2D eigenvalue weighted by Gasteiger charge is -2.19. The van der Waals surface area contributed by atoms with Gasteiger partial charge in [0.25, 0.3) is 0 Å². The number of allylic oxidation sites excluding steroid dienone is 5. The van der Waals surface area contributed by atoms with Gasteiger partial charge in [-0.05, 0) is 62.8 Å². The van der Waals surface area contributed by atoms with Gasteiger partial charge in [0.1, 0.15) is 11.6 Å². The van der Waals surface area contributed by atoms with Gasteiger partial charge in [0.05, 0.1) is 11.1 Å². The average molecular weight is 467 g/mol. The smallest absolute Gasteiger partial charge is 0.404 e. The highest BCUT2D eigenvalue weighted by Crippen LogP contribution is 2.30. The Morgan fingerprint density at radius 2 is 1.74 bits per heavy atom. The molecule has 2 aliphatic heterocycles. The van der Waals surface area contributed by atoms with Crippen molar-refractivity contribution in [2.24, 2.45) is 0 Å². The van der Waals surface area contributed by atoms with E-state index in [0.29, 0.717) is 11.4 Å². The lowest BCUT2D eigenvalue weighted by molar-refractivity contribution is 0.197. The fourth-order valence-electron chi connectivity index (χ4n) is 3.83. The SMILES string of the molecule is C1CCOC1.CNC(=O)O.Cc1ccc2c(N3CCCC3)nc(C3=C(O)C=CCC=C3)nc2c1. The topological polar surface area (TPSA) is 108 Å². The predicted octanol–water partition coefficient (Wildman–Crippen LogP) is 5.00. The molecule has 182 valence electrons. The highest BCUT2D eigenvalue weighted by atomic mass is 16.5. The van der Waals surface area contributed by atoms with Crippen LogP contribution in [-0.4, -0.2) is 59.6 Å². The van der Waals surface area contributed by atoms with Crippen molar-refractivity contribution in [2.75, 3.05) is 38.3 Å². The summed E-state index contributed by atoms with van der Waals surface area (Å²) in [7, 11) is 1.35. The Morgan fingerprint density at radius 1 is 1.06 bits per heavy atom. The number of aliphatic hydroxyl groups is 1. The molecule has 0 saturated carbocycles. The maximum Gasteiger partial charge on any atom is 0.404 e. The van der Waals surface area contributed by atoms with E-state index in [0.717, 1.165) is 49.4 Å². The monoisotopic (exact) mass is 466 g/mol.